The summed E-state index contributed by atoms with van der Waals surface area (Å²) < 4.78 is 28.1. The van der Waals surface area contributed by atoms with Gasteiger partial charge < -0.3 is 24.6 Å². The van der Waals surface area contributed by atoms with Gasteiger partial charge in [0.1, 0.15) is 35.2 Å². The van der Waals surface area contributed by atoms with Gasteiger partial charge in [-0.15, -0.1) is 0 Å². The predicted molar refractivity (Wildman–Crippen MR) is 190 cm³/mol. The summed E-state index contributed by atoms with van der Waals surface area (Å²) in [6.45, 7) is 15.2. The number of benzene rings is 1. The number of carbonyl (C=O) groups is 2. The number of ether oxygens (including phenoxy) is 2. The van der Waals surface area contributed by atoms with Crippen LogP contribution in [0.4, 0.5) is 20.6 Å². The van der Waals surface area contributed by atoms with Gasteiger partial charge in [-0.2, -0.15) is 0 Å². The van der Waals surface area contributed by atoms with Crippen LogP contribution in [0.15, 0.2) is 35.4 Å². The summed E-state index contributed by atoms with van der Waals surface area (Å²) in [4.78, 5) is 59.5. The van der Waals surface area contributed by atoms with Gasteiger partial charge in [-0.1, -0.05) is 45.4 Å². The molecule has 2 atom stereocenters. The highest BCUT2D eigenvalue weighted by atomic mass is 35.5. The van der Waals surface area contributed by atoms with Crippen molar-refractivity contribution in [1.29, 1.82) is 0 Å². The van der Waals surface area contributed by atoms with E-state index >= 15 is 4.39 Å². The van der Waals surface area contributed by atoms with Gasteiger partial charge in [0.25, 0.3) is 5.56 Å². The molecule has 3 aromatic heterocycles. The minimum Gasteiger partial charge on any atom is -0.496 e. The Kier molecular flexibility index (Phi) is 9.00. The summed E-state index contributed by atoms with van der Waals surface area (Å²) >= 11 is 6.97. The first-order chi connectivity index (χ1) is 23.5. The van der Waals surface area contributed by atoms with Gasteiger partial charge in [0.2, 0.25) is 5.91 Å². The average molecular weight is 706 g/mol. The normalized spacial score (nSPS) is 17.6. The van der Waals surface area contributed by atoms with E-state index in [1.807, 2.05) is 39.5 Å². The fourth-order valence-corrected chi connectivity index (χ4v) is 6.92. The molecule has 0 radical (unpaired) electrons. The van der Waals surface area contributed by atoms with E-state index < -0.39 is 41.1 Å². The van der Waals surface area contributed by atoms with E-state index in [1.54, 1.807) is 32.9 Å². The van der Waals surface area contributed by atoms with Gasteiger partial charge in [0, 0.05) is 18.0 Å². The molecule has 1 saturated heterocycles. The number of nitrogens with one attached hydrogen (secondary N) is 1. The zero-order valence-corrected chi connectivity index (χ0v) is 30.3. The van der Waals surface area contributed by atoms with E-state index in [-0.39, 0.29) is 58.3 Å². The topological polar surface area (TPSA) is 132 Å². The Labute approximate surface area is 294 Å². The first-order valence-corrected chi connectivity index (χ1v) is 17.0. The number of methoxy groups -OCH3 is 1. The van der Waals surface area contributed by atoms with Crippen molar-refractivity contribution in [3.63, 3.8) is 0 Å². The quantitative estimate of drug-likeness (QED) is 0.242. The largest absolute Gasteiger partial charge is 0.496 e. The minimum atomic E-state index is -0.854. The third kappa shape index (κ3) is 5.91. The van der Waals surface area contributed by atoms with Crippen LogP contribution in [-0.2, 0) is 9.53 Å². The second-order valence-electron chi connectivity index (χ2n) is 14.3. The molecular formula is C36H41ClFN7O5. The second-order valence-corrected chi connectivity index (χ2v) is 14.7. The van der Waals surface area contributed by atoms with Crippen molar-refractivity contribution in [2.45, 2.75) is 84.9 Å². The molecule has 264 valence electrons. The third-order valence-corrected chi connectivity index (χ3v) is 9.20. The lowest BCUT2D eigenvalue weighted by Gasteiger charge is -2.48. The Hall–Kier alpha value is -4.78. The predicted octanol–water partition coefficient (Wildman–Crippen LogP) is 6.66. The molecule has 0 bridgehead atoms. The average Bonchev–Trinajstić information content (AvgIpc) is 3.03. The number of carbonyl (C=O) groups excluding carboxylic acids is 2. The molecule has 0 saturated carbocycles. The molecular weight excluding hydrogens is 665 g/mol. The molecule has 0 unspecified atom stereocenters. The van der Waals surface area contributed by atoms with Gasteiger partial charge in [-0.05, 0) is 57.7 Å². The highest BCUT2D eigenvalue weighted by Gasteiger charge is 2.45. The number of fused-ring (bicyclic) bond motifs is 5. The standard InChI is InChI=1S/C36H41ClFN7O5/c1-17(2)26-31(27(18(3)4)40-16-39-26)45-32-20(13-21(37)28(41-32)25-22(38)11-10-12-24(25)49-9)30-29(34(45)47)42-33(46)23-15-43(19(5)14-44(23)30)35(48)50-36(6,7)8/h10-13,16-19,23H,14-15H2,1-9H3,(H,42,46)/t19-,23-/m1/s1. The number of rotatable bonds is 5. The van der Waals surface area contributed by atoms with Crippen LogP contribution in [0.1, 0.15) is 78.6 Å². The smallest absolute Gasteiger partial charge is 0.410 e. The van der Waals surface area contributed by atoms with Crippen LogP contribution >= 0.6 is 11.6 Å². The van der Waals surface area contributed by atoms with Crippen molar-refractivity contribution in [2.75, 3.05) is 30.4 Å². The number of piperazine rings is 1. The van der Waals surface area contributed by atoms with Crippen LogP contribution in [0.5, 0.6) is 5.75 Å². The monoisotopic (exact) mass is 705 g/mol. The van der Waals surface area contributed by atoms with E-state index in [2.05, 4.69) is 15.3 Å². The number of hydrogen-bond acceptors (Lipinski definition) is 9. The van der Waals surface area contributed by atoms with Crippen molar-refractivity contribution in [1.82, 2.24) is 24.4 Å². The summed E-state index contributed by atoms with van der Waals surface area (Å²) in [5.41, 5.74) is 0.991. The molecule has 5 heterocycles. The van der Waals surface area contributed by atoms with Gasteiger partial charge in [0.05, 0.1) is 52.7 Å². The van der Waals surface area contributed by atoms with Gasteiger partial charge in [-0.3, -0.25) is 14.2 Å². The van der Waals surface area contributed by atoms with Crippen LogP contribution in [-0.4, -0.2) is 74.3 Å². The van der Waals surface area contributed by atoms with E-state index in [1.165, 1.54) is 35.0 Å². The van der Waals surface area contributed by atoms with Crippen LogP contribution in [0, 0.1) is 5.82 Å². The Balaban J connectivity index is 1.69. The lowest BCUT2D eigenvalue weighted by atomic mass is 9.98. The minimum absolute atomic E-state index is 0.0130. The van der Waals surface area contributed by atoms with Crippen molar-refractivity contribution in [3.8, 4) is 22.7 Å². The number of pyridine rings is 2. The number of hydrogen-bond donors (Lipinski definition) is 1. The molecule has 2 aliphatic rings. The Morgan fingerprint density at radius 1 is 1.06 bits per heavy atom. The zero-order chi connectivity index (χ0) is 36.4. The molecule has 2 amide bonds. The lowest BCUT2D eigenvalue weighted by Crippen LogP contribution is -2.65. The fraction of sp³-hybridized carbons (Fsp3) is 0.444. The molecule has 0 aliphatic carbocycles. The Morgan fingerprint density at radius 2 is 1.72 bits per heavy atom. The van der Waals surface area contributed by atoms with Crippen molar-refractivity contribution in [3.05, 3.63) is 63.2 Å². The third-order valence-electron chi connectivity index (χ3n) is 8.91. The van der Waals surface area contributed by atoms with Crippen LogP contribution in [0.25, 0.3) is 28.0 Å². The maximum Gasteiger partial charge on any atom is 0.410 e. The highest BCUT2D eigenvalue weighted by molar-refractivity contribution is 6.34. The van der Waals surface area contributed by atoms with E-state index in [4.69, 9.17) is 26.1 Å². The number of halogens is 2. The first kappa shape index (κ1) is 35.1. The summed E-state index contributed by atoms with van der Waals surface area (Å²) in [6.07, 6.45) is 0.931. The molecule has 2 aliphatic heterocycles. The summed E-state index contributed by atoms with van der Waals surface area (Å²) in [6, 6.07) is 4.78. The molecule has 1 aromatic carbocycles. The maximum absolute atomic E-state index is 15.6. The number of nitrogens with zero attached hydrogens (tertiary/aromatic N) is 6. The molecule has 1 fully saturated rings. The first-order valence-electron chi connectivity index (χ1n) is 16.6. The maximum atomic E-state index is 15.6. The van der Waals surface area contributed by atoms with Gasteiger partial charge in [-0.25, -0.2) is 24.1 Å². The molecule has 1 N–H and O–H groups in total. The van der Waals surface area contributed by atoms with Crippen LogP contribution < -0.4 is 20.5 Å². The molecule has 12 nitrogen and oxygen atoms in total. The van der Waals surface area contributed by atoms with Crippen LogP contribution in [0.2, 0.25) is 5.02 Å². The summed E-state index contributed by atoms with van der Waals surface area (Å²) in [5.74, 6) is -1.13. The Morgan fingerprint density at radius 3 is 2.32 bits per heavy atom. The molecule has 14 heteroatoms. The molecule has 50 heavy (non-hydrogen) atoms. The number of amides is 2. The van der Waals surface area contributed by atoms with E-state index in [0.29, 0.717) is 28.1 Å². The second kappa shape index (κ2) is 12.8. The fourth-order valence-electron chi connectivity index (χ4n) is 6.68. The number of anilines is 2. The molecule has 4 aromatic rings. The zero-order valence-electron chi connectivity index (χ0n) is 29.6. The molecule has 6 rings (SSSR count). The van der Waals surface area contributed by atoms with Crippen LogP contribution in [0.3, 0.4) is 0 Å². The van der Waals surface area contributed by atoms with E-state index in [0.717, 1.165) is 0 Å². The van der Waals surface area contributed by atoms with Crippen molar-refractivity contribution >= 4 is 46.0 Å². The van der Waals surface area contributed by atoms with Crippen molar-refractivity contribution < 1.29 is 23.5 Å². The lowest BCUT2D eigenvalue weighted by molar-refractivity contribution is -0.118. The Bertz CT molecular complexity index is 2070. The summed E-state index contributed by atoms with van der Waals surface area (Å²) in [7, 11) is 1.42. The molecule has 0 spiro atoms. The van der Waals surface area contributed by atoms with Gasteiger partial charge in [0.15, 0.2) is 5.65 Å². The SMILES string of the molecule is COc1cccc(F)c1-c1nc2c(cc1Cl)c1c(c(=O)n2-c2c(C(C)C)ncnc2C(C)C)NC(=O)[C@H]2CN(C(=O)OC(C)(C)C)[C@H](C)CN12. The highest BCUT2D eigenvalue weighted by Crippen LogP contribution is 2.44. The van der Waals surface area contributed by atoms with E-state index in [9.17, 15) is 14.4 Å². The summed E-state index contributed by atoms with van der Waals surface area (Å²) in [5, 5.41) is 3.39. The van der Waals surface area contributed by atoms with Crippen molar-refractivity contribution in [2.24, 2.45) is 0 Å². The van der Waals surface area contributed by atoms with Gasteiger partial charge >= 0.3 is 6.09 Å². The number of aromatic nitrogens is 4.